The highest BCUT2D eigenvalue weighted by molar-refractivity contribution is 9.10. The Kier molecular flexibility index (Phi) is 5.19. The van der Waals surface area contributed by atoms with E-state index in [2.05, 4.69) is 25.6 Å². The monoisotopic (exact) mass is 368 g/mol. The Morgan fingerprint density at radius 1 is 1.58 bits per heavy atom. The Balaban J connectivity index is 2.07. The summed E-state index contributed by atoms with van der Waals surface area (Å²) in [4.78, 5) is 3.80. The molecule has 0 amide bonds. The fourth-order valence-electron chi connectivity index (χ4n) is 1.87. The smallest absolute Gasteiger partial charge is 0.243 e. The lowest BCUT2D eigenvalue weighted by Gasteiger charge is -2.22. The Bertz CT molecular complexity index is 547. The van der Waals surface area contributed by atoms with Gasteiger partial charge in [0.05, 0.1) is 6.61 Å². The molecule has 1 aliphatic rings. The topological polar surface area (TPSA) is 68.3 Å². The molecule has 0 radical (unpaired) electrons. The number of nitrogens with one attached hydrogen (secondary N) is 1. The maximum atomic E-state index is 12.2. The van der Waals surface area contributed by atoms with E-state index < -0.39 is 10.0 Å². The third-order valence-electron chi connectivity index (χ3n) is 2.88. The van der Waals surface area contributed by atoms with Gasteiger partial charge >= 0.3 is 0 Å². The summed E-state index contributed by atoms with van der Waals surface area (Å²) in [6, 6.07) is 1.44. The van der Waals surface area contributed by atoms with Crippen LogP contribution in [0.1, 0.15) is 12.8 Å². The van der Waals surface area contributed by atoms with Crippen LogP contribution in [0.25, 0.3) is 0 Å². The molecule has 2 rings (SSSR count). The molecule has 0 spiro atoms. The third kappa shape index (κ3) is 4.13. The van der Waals surface area contributed by atoms with Gasteiger partial charge < -0.3 is 4.74 Å². The molecular weight excluding hydrogens is 356 g/mol. The molecule has 1 aliphatic heterocycles. The lowest BCUT2D eigenvalue weighted by atomic mass is 10.0. The van der Waals surface area contributed by atoms with Crippen molar-refractivity contribution in [1.82, 2.24) is 9.71 Å². The summed E-state index contributed by atoms with van der Waals surface area (Å²) in [7, 11) is -3.64. The first kappa shape index (κ1) is 15.2. The molecule has 1 aromatic heterocycles. The summed E-state index contributed by atoms with van der Waals surface area (Å²) in [6.45, 7) is 1.70. The highest BCUT2D eigenvalue weighted by atomic mass is 79.9. The molecule has 0 bridgehead atoms. The van der Waals surface area contributed by atoms with Crippen molar-refractivity contribution in [2.24, 2.45) is 5.92 Å². The van der Waals surface area contributed by atoms with E-state index in [-0.39, 0.29) is 16.0 Å². The number of ether oxygens (including phenoxy) is 1. The molecule has 1 atom stereocenters. The highest BCUT2D eigenvalue weighted by Gasteiger charge is 2.22. The van der Waals surface area contributed by atoms with Gasteiger partial charge in [-0.25, -0.2) is 18.1 Å². The minimum atomic E-state index is -3.64. The number of hydrogen-bond donors (Lipinski definition) is 1. The summed E-state index contributed by atoms with van der Waals surface area (Å²) in [5.74, 6) is 0.211. The minimum Gasteiger partial charge on any atom is -0.381 e. The summed E-state index contributed by atoms with van der Waals surface area (Å²) < 4.78 is 32.7. The van der Waals surface area contributed by atoms with Crippen LogP contribution >= 0.6 is 27.5 Å². The zero-order valence-corrected chi connectivity index (χ0v) is 13.3. The molecule has 19 heavy (non-hydrogen) atoms. The van der Waals surface area contributed by atoms with Gasteiger partial charge in [0.15, 0.2) is 0 Å². The largest absolute Gasteiger partial charge is 0.381 e. The Labute approximate surface area is 125 Å². The number of hydrogen-bond acceptors (Lipinski definition) is 4. The zero-order valence-electron chi connectivity index (χ0n) is 10.1. The summed E-state index contributed by atoms with van der Waals surface area (Å²) in [5, 5.41) is -0.0319. The van der Waals surface area contributed by atoms with Gasteiger partial charge in [-0.05, 0) is 40.8 Å². The fraction of sp³-hybridized carbons (Fsp3) is 0.545. The van der Waals surface area contributed by atoms with Crippen molar-refractivity contribution in [1.29, 1.82) is 0 Å². The number of nitrogens with zero attached hydrogens (tertiary/aromatic N) is 1. The van der Waals surface area contributed by atoms with Gasteiger partial charge in [0, 0.05) is 23.8 Å². The molecule has 8 heteroatoms. The van der Waals surface area contributed by atoms with Gasteiger partial charge in [-0.2, -0.15) is 0 Å². The van der Waals surface area contributed by atoms with E-state index >= 15 is 0 Å². The first-order valence-electron chi connectivity index (χ1n) is 5.87. The van der Waals surface area contributed by atoms with E-state index in [1.807, 2.05) is 0 Å². The SMILES string of the molecule is O=S(=O)(NCC1CCCOC1)c1cc(Br)cnc1Cl. The van der Waals surface area contributed by atoms with E-state index in [9.17, 15) is 8.42 Å². The zero-order chi connectivity index (χ0) is 13.9. The van der Waals surface area contributed by atoms with E-state index in [0.29, 0.717) is 17.6 Å². The molecular formula is C11H14BrClN2O3S. The normalized spacial score (nSPS) is 20.4. The Morgan fingerprint density at radius 2 is 2.37 bits per heavy atom. The van der Waals surface area contributed by atoms with Crippen LogP contribution in [0.5, 0.6) is 0 Å². The predicted octanol–water partition coefficient (Wildman–Crippen LogP) is 2.20. The van der Waals surface area contributed by atoms with E-state index in [0.717, 1.165) is 19.4 Å². The summed E-state index contributed by atoms with van der Waals surface area (Å²) >= 11 is 9.01. The van der Waals surface area contributed by atoms with Crippen molar-refractivity contribution in [3.63, 3.8) is 0 Å². The van der Waals surface area contributed by atoms with Crippen LogP contribution < -0.4 is 4.72 Å². The molecule has 2 heterocycles. The second kappa shape index (κ2) is 6.49. The molecule has 1 unspecified atom stereocenters. The molecule has 1 aromatic rings. The first-order valence-corrected chi connectivity index (χ1v) is 8.53. The number of aromatic nitrogens is 1. The van der Waals surface area contributed by atoms with Gasteiger partial charge in [-0.15, -0.1) is 0 Å². The van der Waals surface area contributed by atoms with Crippen LogP contribution in [0.4, 0.5) is 0 Å². The van der Waals surface area contributed by atoms with Crippen molar-refractivity contribution in [2.45, 2.75) is 17.7 Å². The molecule has 0 aliphatic carbocycles. The lowest BCUT2D eigenvalue weighted by molar-refractivity contribution is 0.0568. The van der Waals surface area contributed by atoms with Crippen LogP contribution in [0.3, 0.4) is 0 Å². The van der Waals surface area contributed by atoms with Crippen LogP contribution in [0, 0.1) is 5.92 Å². The molecule has 5 nitrogen and oxygen atoms in total. The standard InChI is InChI=1S/C11H14BrClN2O3S/c12-9-4-10(11(13)14-6-9)19(16,17)15-5-8-2-1-3-18-7-8/h4,6,8,15H,1-3,5,7H2. The van der Waals surface area contributed by atoms with Crippen LogP contribution in [0.2, 0.25) is 5.15 Å². The van der Waals surface area contributed by atoms with Gasteiger partial charge in [0.1, 0.15) is 10.0 Å². The molecule has 1 fully saturated rings. The highest BCUT2D eigenvalue weighted by Crippen LogP contribution is 2.23. The van der Waals surface area contributed by atoms with Crippen molar-refractivity contribution in [2.75, 3.05) is 19.8 Å². The van der Waals surface area contributed by atoms with Crippen molar-refractivity contribution in [3.8, 4) is 0 Å². The summed E-state index contributed by atoms with van der Waals surface area (Å²) in [5.41, 5.74) is 0. The van der Waals surface area contributed by atoms with Crippen LogP contribution in [-0.2, 0) is 14.8 Å². The minimum absolute atomic E-state index is 0.0136. The van der Waals surface area contributed by atoms with Crippen molar-refractivity contribution >= 4 is 37.6 Å². The van der Waals surface area contributed by atoms with Crippen molar-refractivity contribution < 1.29 is 13.2 Å². The average molecular weight is 370 g/mol. The lowest BCUT2D eigenvalue weighted by Crippen LogP contribution is -2.33. The van der Waals surface area contributed by atoms with Gasteiger partial charge in [0.2, 0.25) is 10.0 Å². The average Bonchev–Trinajstić information content (AvgIpc) is 2.40. The first-order chi connectivity index (χ1) is 8.99. The molecule has 0 aromatic carbocycles. The van der Waals surface area contributed by atoms with Gasteiger partial charge in [0.25, 0.3) is 0 Å². The maximum absolute atomic E-state index is 12.2. The second-order valence-electron chi connectivity index (χ2n) is 4.38. The quantitative estimate of drug-likeness (QED) is 0.826. The number of rotatable bonds is 4. The second-order valence-corrected chi connectivity index (χ2v) is 7.39. The third-order valence-corrected chi connectivity index (χ3v) is 5.16. The predicted molar refractivity (Wildman–Crippen MR) is 75.7 cm³/mol. The van der Waals surface area contributed by atoms with E-state index in [1.165, 1.54) is 12.3 Å². The van der Waals surface area contributed by atoms with Crippen LogP contribution in [-0.4, -0.2) is 33.2 Å². The summed E-state index contributed by atoms with van der Waals surface area (Å²) in [6.07, 6.45) is 3.38. The Morgan fingerprint density at radius 3 is 3.05 bits per heavy atom. The van der Waals surface area contributed by atoms with E-state index in [1.54, 1.807) is 0 Å². The molecule has 1 N–H and O–H groups in total. The number of sulfonamides is 1. The maximum Gasteiger partial charge on any atom is 0.243 e. The Hall–Kier alpha value is -0.210. The van der Waals surface area contributed by atoms with Gasteiger partial charge in [-0.3, -0.25) is 0 Å². The number of halogens is 2. The van der Waals surface area contributed by atoms with Crippen molar-refractivity contribution in [3.05, 3.63) is 21.9 Å². The van der Waals surface area contributed by atoms with E-state index in [4.69, 9.17) is 16.3 Å². The molecule has 1 saturated heterocycles. The molecule has 106 valence electrons. The fourth-order valence-corrected chi connectivity index (χ4v) is 3.92. The number of pyridine rings is 1. The molecule has 0 saturated carbocycles. The van der Waals surface area contributed by atoms with Crippen LogP contribution in [0.15, 0.2) is 21.6 Å². The van der Waals surface area contributed by atoms with Gasteiger partial charge in [-0.1, -0.05) is 11.6 Å².